The Balaban J connectivity index is 1.68. The van der Waals surface area contributed by atoms with Gasteiger partial charge in [0.2, 0.25) is 5.91 Å². The molecule has 0 aliphatic carbocycles. The number of pyridine rings is 1. The summed E-state index contributed by atoms with van der Waals surface area (Å²) in [6, 6.07) is 6.45. The van der Waals surface area contributed by atoms with Crippen LogP contribution in [0.15, 0.2) is 24.4 Å². The molecule has 4 rings (SSSR count). The lowest BCUT2D eigenvalue weighted by molar-refractivity contribution is -0.132. The minimum atomic E-state index is -0.0533. The Bertz CT molecular complexity index is 480. The number of aliphatic hydroxyl groups is 1. The van der Waals surface area contributed by atoms with E-state index in [2.05, 4.69) is 16.0 Å². The summed E-state index contributed by atoms with van der Waals surface area (Å²) in [4.78, 5) is 20.9. The minimum absolute atomic E-state index is 0.0533. The van der Waals surface area contributed by atoms with Crippen LogP contribution in [0.5, 0.6) is 0 Å². The van der Waals surface area contributed by atoms with Gasteiger partial charge in [-0.25, -0.2) is 0 Å². The van der Waals surface area contributed by atoms with Crippen molar-refractivity contribution in [3.63, 3.8) is 0 Å². The first-order valence-corrected chi connectivity index (χ1v) is 7.79. The van der Waals surface area contributed by atoms with E-state index in [4.69, 9.17) is 5.11 Å². The number of rotatable bonds is 4. The number of aromatic nitrogens is 1. The summed E-state index contributed by atoms with van der Waals surface area (Å²) in [6.45, 7) is 3.49. The number of hydrogen-bond donors (Lipinski definition) is 1. The molecule has 0 radical (unpaired) electrons. The van der Waals surface area contributed by atoms with Crippen LogP contribution in [0.25, 0.3) is 0 Å². The lowest BCUT2D eigenvalue weighted by atomic mass is 9.95. The molecule has 0 unspecified atom stereocenters. The summed E-state index contributed by atoms with van der Waals surface area (Å²) in [5, 5.41) is 8.97. The first kappa shape index (κ1) is 14.5. The van der Waals surface area contributed by atoms with Gasteiger partial charge in [-0.05, 0) is 30.9 Å². The van der Waals surface area contributed by atoms with Crippen molar-refractivity contribution in [2.75, 3.05) is 26.2 Å². The van der Waals surface area contributed by atoms with Crippen molar-refractivity contribution in [3.05, 3.63) is 30.1 Å². The zero-order valence-electron chi connectivity index (χ0n) is 12.3. The van der Waals surface area contributed by atoms with Gasteiger partial charge in [-0.15, -0.1) is 0 Å². The summed E-state index contributed by atoms with van der Waals surface area (Å²) in [5.41, 5.74) is 1.10. The zero-order valence-corrected chi connectivity index (χ0v) is 12.3. The van der Waals surface area contributed by atoms with Crippen molar-refractivity contribution in [2.45, 2.75) is 31.8 Å². The van der Waals surface area contributed by atoms with Crippen LogP contribution < -0.4 is 0 Å². The molecule has 3 saturated heterocycles. The highest BCUT2D eigenvalue weighted by Crippen LogP contribution is 2.29. The largest absolute Gasteiger partial charge is 0.396 e. The van der Waals surface area contributed by atoms with Crippen molar-refractivity contribution in [3.8, 4) is 0 Å². The monoisotopic (exact) mass is 289 g/mol. The Labute approximate surface area is 125 Å². The van der Waals surface area contributed by atoms with Gasteiger partial charge in [0, 0.05) is 44.8 Å². The molecule has 114 valence electrons. The van der Waals surface area contributed by atoms with Gasteiger partial charge in [-0.1, -0.05) is 6.07 Å². The lowest BCUT2D eigenvalue weighted by Crippen LogP contribution is -2.44. The van der Waals surface area contributed by atoms with Crippen LogP contribution in [0.3, 0.4) is 0 Å². The summed E-state index contributed by atoms with van der Waals surface area (Å²) >= 11 is 0. The number of hydrogen-bond acceptors (Lipinski definition) is 4. The third kappa shape index (κ3) is 3.41. The van der Waals surface area contributed by atoms with Crippen LogP contribution >= 0.6 is 0 Å². The Morgan fingerprint density at radius 1 is 1.29 bits per heavy atom. The average Bonchev–Trinajstić information content (AvgIpc) is 2.80. The molecule has 0 aromatic carbocycles. The van der Waals surface area contributed by atoms with E-state index in [-0.39, 0.29) is 18.9 Å². The van der Waals surface area contributed by atoms with E-state index in [1.807, 2.05) is 23.2 Å². The van der Waals surface area contributed by atoms with E-state index in [1.165, 1.54) is 6.42 Å². The molecule has 1 aromatic rings. The second-order valence-corrected chi connectivity index (χ2v) is 6.12. The van der Waals surface area contributed by atoms with E-state index in [0.29, 0.717) is 12.0 Å². The van der Waals surface area contributed by atoms with Crippen molar-refractivity contribution in [1.29, 1.82) is 0 Å². The second-order valence-electron chi connectivity index (χ2n) is 6.12. The third-order valence-corrected chi connectivity index (χ3v) is 4.60. The first-order valence-electron chi connectivity index (χ1n) is 7.79. The Morgan fingerprint density at radius 3 is 2.95 bits per heavy atom. The van der Waals surface area contributed by atoms with E-state index in [9.17, 15) is 4.79 Å². The van der Waals surface area contributed by atoms with Crippen LogP contribution in [0, 0.1) is 5.92 Å². The van der Waals surface area contributed by atoms with E-state index < -0.39 is 0 Å². The maximum atomic E-state index is 12.1. The Kier molecular flexibility index (Phi) is 4.51. The minimum Gasteiger partial charge on any atom is -0.396 e. The van der Waals surface area contributed by atoms with Gasteiger partial charge in [-0.3, -0.25) is 14.7 Å². The number of amides is 1. The maximum Gasteiger partial charge on any atom is 0.224 e. The van der Waals surface area contributed by atoms with Crippen molar-refractivity contribution in [2.24, 2.45) is 5.92 Å². The van der Waals surface area contributed by atoms with E-state index in [0.717, 1.165) is 38.3 Å². The molecular weight excluding hydrogens is 266 g/mol. The normalized spacial score (nSPS) is 25.9. The molecule has 0 spiro atoms. The quantitative estimate of drug-likeness (QED) is 0.894. The molecule has 1 N–H and O–H groups in total. The van der Waals surface area contributed by atoms with Crippen LogP contribution in [-0.2, 0) is 11.3 Å². The van der Waals surface area contributed by atoms with Crippen LogP contribution in [-0.4, -0.2) is 58.1 Å². The molecular formula is C16H23N3O2. The van der Waals surface area contributed by atoms with E-state index in [1.54, 1.807) is 0 Å². The number of fused-ring (bicyclic) bond motifs is 4. The predicted molar refractivity (Wildman–Crippen MR) is 79.4 cm³/mol. The molecule has 4 heterocycles. The standard InChI is InChI=1S/C16H23N3O2/c20-8-6-16(21)19-10-13-4-5-15(12-19)18(9-13)11-14-3-1-2-7-17-14/h1-3,7,13,15,20H,4-6,8-12H2/t13-,15-/m1/s1. The highest BCUT2D eigenvalue weighted by Gasteiger charge is 2.36. The molecule has 3 fully saturated rings. The molecule has 0 saturated carbocycles. The molecule has 2 bridgehead atoms. The first-order chi connectivity index (χ1) is 10.3. The van der Waals surface area contributed by atoms with Crippen LogP contribution in [0.2, 0.25) is 0 Å². The molecule has 3 aliphatic rings. The third-order valence-electron chi connectivity index (χ3n) is 4.60. The van der Waals surface area contributed by atoms with E-state index >= 15 is 0 Å². The zero-order chi connectivity index (χ0) is 14.7. The fourth-order valence-corrected chi connectivity index (χ4v) is 3.53. The highest BCUT2D eigenvalue weighted by molar-refractivity contribution is 5.76. The van der Waals surface area contributed by atoms with Crippen LogP contribution in [0.1, 0.15) is 25.0 Å². The molecule has 1 amide bonds. The molecule has 3 aliphatic heterocycles. The molecule has 5 heteroatoms. The summed E-state index contributed by atoms with van der Waals surface area (Å²) in [7, 11) is 0. The van der Waals surface area contributed by atoms with Gasteiger partial charge >= 0.3 is 0 Å². The molecule has 1 aromatic heterocycles. The van der Waals surface area contributed by atoms with Crippen LogP contribution in [0.4, 0.5) is 0 Å². The number of nitrogens with zero attached hydrogens (tertiary/aromatic N) is 3. The molecule has 21 heavy (non-hydrogen) atoms. The summed E-state index contributed by atoms with van der Waals surface area (Å²) < 4.78 is 0. The number of piperidine rings is 1. The summed E-state index contributed by atoms with van der Waals surface area (Å²) in [6.07, 6.45) is 4.44. The topological polar surface area (TPSA) is 56.7 Å². The fraction of sp³-hybridized carbons (Fsp3) is 0.625. The molecule has 2 atom stereocenters. The second kappa shape index (κ2) is 6.54. The van der Waals surface area contributed by atoms with Gasteiger partial charge in [-0.2, -0.15) is 0 Å². The highest BCUT2D eigenvalue weighted by atomic mass is 16.3. The van der Waals surface area contributed by atoms with Gasteiger partial charge in [0.05, 0.1) is 12.3 Å². The predicted octanol–water partition coefficient (Wildman–Crippen LogP) is 0.887. The van der Waals surface area contributed by atoms with Gasteiger partial charge < -0.3 is 10.0 Å². The number of carbonyl (C=O) groups excluding carboxylic acids is 1. The Morgan fingerprint density at radius 2 is 2.19 bits per heavy atom. The maximum absolute atomic E-state index is 12.1. The van der Waals surface area contributed by atoms with Gasteiger partial charge in [0.25, 0.3) is 0 Å². The van der Waals surface area contributed by atoms with Crippen molar-refractivity contribution < 1.29 is 9.90 Å². The number of carbonyl (C=O) groups is 1. The SMILES string of the molecule is O=C(CCO)N1C[C@@H]2CC[C@H](C1)N(Cc1ccccn1)C2. The Hall–Kier alpha value is -1.46. The van der Waals surface area contributed by atoms with Gasteiger partial charge in [0.1, 0.15) is 0 Å². The lowest BCUT2D eigenvalue weighted by Gasteiger charge is -2.35. The van der Waals surface area contributed by atoms with Crippen molar-refractivity contribution >= 4 is 5.91 Å². The number of aliphatic hydroxyl groups excluding tert-OH is 1. The fourth-order valence-electron chi connectivity index (χ4n) is 3.53. The average molecular weight is 289 g/mol. The smallest absolute Gasteiger partial charge is 0.224 e. The summed E-state index contributed by atoms with van der Waals surface area (Å²) in [5.74, 6) is 0.643. The van der Waals surface area contributed by atoms with Crippen molar-refractivity contribution in [1.82, 2.24) is 14.8 Å². The van der Waals surface area contributed by atoms with Gasteiger partial charge in [0.15, 0.2) is 0 Å². The molecule has 5 nitrogen and oxygen atoms in total.